The number of Topliss-reactive ketones (excluding diaryl/α,β-unsaturated/α-hetero) is 1. The van der Waals surface area contributed by atoms with E-state index < -0.39 is 12.6 Å². The van der Waals surface area contributed by atoms with Crippen molar-refractivity contribution in [2.24, 2.45) is 23.7 Å². The first-order chi connectivity index (χ1) is 20.3. The minimum absolute atomic E-state index is 0.132. The number of ether oxygens (including phenoxy) is 1. The van der Waals surface area contributed by atoms with Crippen LogP contribution >= 0.6 is 11.6 Å². The molecule has 2 bridgehead atoms. The van der Waals surface area contributed by atoms with Crippen LogP contribution in [-0.2, 0) is 14.3 Å². The molecule has 2 fully saturated rings. The zero-order valence-electron chi connectivity index (χ0n) is 22.6. The molecule has 0 spiro atoms. The molecule has 3 aliphatic rings. The maximum atomic E-state index is 13.3. The Morgan fingerprint density at radius 3 is 2.26 bits per heavy atom. The lowest BCUT2D eigenvalue weighted by Crippen LogP contribution is -2.32. The number of esters is 1. The number of hydrogen-bond acceptors (Lipinski definition) is 6. The molecular formula is C34H25ClN2O5. The minimum Gasteiger partial charge on any atom is -0.454 e. The first kappa shape index (κ1) is 26.3. The summed E-state index contributed by atoms with van der Waals surface area (Å²) in [6, 6.07) is 20.6. The quantitative estimate of drug-likeness (QED) is 0.117. The van der Waals surface area contributed by atoms with Gasteiger partial charge in [-0.05, 0) is 73.2 Å². The number of ketones is 1. The number of halogens is 1. The smallest absolute Gasteiger partial charge is 0.339 e. The van der Waals surface area contributed by atoms with Crippen LogP contribution in [0.4, 0.5) is 5.69 Å². The fourth-order valence-corrected chi connectivity index (χ4v) is 6.70. The van der Waals surface area contributed by atoms with Crippen LogP contribution < -0.4 is 4.90 Å². The number of amides is 2. The average Bonchev–Trinajstić information content (AvgIpc) is 3.69. The number of carbonyl (C=O) groups excluding carboxylic acids is 4. The maximum absolute atomic E-state index is 13.3. The van der Waals surface area contributed by atoms with Gasteiger partial charge in [-0.2, -0.15) is 0 Å². The lowest BCUT2D eigenvalue weighted by molar-refractivity contribution is -0.123. The molecular weight excluding hydrogens is 552 g/mol. The van der Waals surface area contributed by atoms with Crippen LogP contribution in [0.2, 0.25) is 5.02 Å². The zero-order valence-corrected chi connectivity index (χ0v) is 23.4. The molecule has 208 valence electrons. The molecule has 1 saturated carbocycles. The molecule has 0 radical (unpaired) electrons. The van der Waals surface area contributed by atoms with Gasteiger partial charge in [-0.25, -0.2) is 9.78 Å². The summed E-state index contributed by atoms with van der Waals surface area (Å²) in [6.45, 7) is 1.49. The summed E-state index contributed by atoms with van der Waals surface area (Å²) in [7, 11) is 0. The van der Waals surface area contributed by atoms with Crippen molar-refractivity contribution >= 4 is 51.8 Å². The van der Waals surface area contributed by atoms with E-state index in [1.54, 1.807) is 60.7 Å². The molecule has 4 unspecified atom stereocenters. The Hall–Kier alpha value is -4.62. The van der Waals surface area contributed by atoms with E-state index in [1.165, 1.54) is 4.90 Å². The first-order valence-corrected chi connectivity index (χ1v) is 14.2. The van der Waals surface area contributed by atoms with E-state index in [0.29, 0.717) is 38.4 Å². The maximum Gasteiger partial charge on any atom is 0.339 e. The molecule has 1 saturated heterocycles. The third-order valence-corrected chi connectivity index (χ3v) is 8.91. The van der Waals surface area contributed by atoms with Gasteiger partial charge in [-0.15, -0.1) is 0 Å². The fourth-order valence-electron chi connectivity index (χ4n) is 6.57. The predicted molar refractivity (Wildman–Crippen MR) is 158 cm³/mol. The number of aryl methyl sites for hydroxylation is 1. The number of anilines is 1. The molecule has 4 atom stereocenters. The van der Waals surface area contributed by atoms with E-state index in [-0.39, 0.29) is 46.8 Å². The summed E-state index contributed by atoms with van der Waals surface area (Å²) < 4.78 is 5.45. The second kappa shape index (κ2) is 10.0. The highest BCUT2D eigenvalue weighted by molar-refractivity contribution is 6.30. The molecule has 2 heterocycles. The third kappa shape index (κ3) is 4.23. The third-order valence-electron chi connectivity index (χ3n) is 8.65. The Morgan fingerprint density at radius 1 is 0.929 bits per heavy atom. The fraction of sp³-hybridized carbons (Fsp3) is 0.206. The van der Waals surface area contributed by atoms with E-state index in [4.69, 9.17) is 21.3 Å². The number of allylic oxidation sites excluding steroid dienone is 2. The van der Waals surface area contributed by atoms with Crippen LogP contribution in [0.1, 0.15) is 32.7 Å². The SMILES string of the molecule is Cc1cccc2c(C(=O)OCC(=O)c3ccc(Cl)cc3)cc(-c3ccc(N4C(=O)C5C6C=CC(C6)C5C4=O)cc3)nc12. The zero-order chi connectivity index (χ0) is 29.1. The molecule has 1 aromatic heterocycles. The Morgan fingerprint density at radius 2 is 1.60 bits per heavy atom. The topological polar surface area (TPSA) is 93.6 Å². The largest absolute Gasteiger partial charge is 0.454 e. The van der Waals surface area contributed by atoms with Crippen molar-refractivity contribution < 1.29 is 23.9 Å². The number of fused-ring (bicyclic) bond motifs is 6. The molecule has 4 aromatic rings. The number of benzene rings is 3. The van der Waals surface area contributed by atoms with E-state index in [2.05, 4.69) is 12.2 Å². The van der Waals surface area contributed by atoms with Gasteiger partial charge in [0.2, 0.25) is 11.8 Å². The molecule has 42 heavy (non-hydrogen) atoms. The van der Waals surface area contributed by atoms with Crippen molar-refractivity contribution in [1.29, 1.82) is 0 Å². The van der Waals surface area contributed by atoms with Crippen molar-refractivity contribution in [1.82, 2.24) is 4.98 Å². The number of hydrogen-bond donors (Lipinski definition) is 0. The van der Waals surface area contributed by atoms with Crippen molar-refractivity contribution in [3.8, 4) is 11.3 Å². The lowest BCUT2D eigenvalue weighted by atomic mass is 9.85. The van der Waals surface area contributed by atoms with Crippen molar-refractivity contribution in [3.63, 3.8) is 0 Å². The van der Waals surface area contributed by atoms with E-state index in [1.807, 2.05) is 19.1 Å². The highest BCUT2D eigenvalue weighted by Crippen LogP contribution is 2.53. The summed E-state index contributed by atoms with van der Waals surface area (Å²) in [5.74, 6) is -1.49. The molecule has 2 aliphatic carbocycles. The first-order valence-electron chi connectivity index (χ1n) is 13.8. The van der Waals surface area contributed by atoms with Gasteiger partial charge < -0.3 is 4.74 Å². The Labute approximate surface area is 246 Å². The van der Waals surface area contributed by atoms with E-state index in [9.17, 15) is 19.2 Å². The van der Waals surface area contributed by atoms with Crippen molar-refractivity contribution in [2.45, 2.75) is 13.3 Å². The van der Waals surface area contributed by atoms with Crippen LogP contribution in [0.5, 0.6) is 0 Å². The van der Waals surface area contributed by atoms with Gasteiger partial charge in [-0.1, -0.05) is 54.1 Å². The van der Waals surface area contributed by atoms with Gasteiger partial charge in [0.15, 0.2) is 12.4 Å². The van der Waals surface area contributed by atoms with Gasteiger partial charge in [0.25, 0.3) is 0 Å². The standard InChI is InChI=1S/C34H25ClN2O5/c1-18-3-2-4-25-26(34(41)42-17-28(38)20-7-11-23(35)12-8-20)16-27(36-31(18)25)19-9-13-24(14-10-19)37-32(39)29-21-5-6-22(15-21)30(29)33(37)40/h2-14,16,21-22,29-30H,15,17H2,1H3. The van der Waals surface area contributed by atoms with E-state index >= 15 is 0 Å². The monoisotopic (exact) mass is 576 g/mol. The lowest BCUT2D eigenvalue weighted by Gasteiger charge is -2.18. The van der Waals surface area contributed by atoms with Crippen LogP contribution in [0, 0.1) is 30.6 Å². The summed E-state index contributed by atoms with van der Waals surface area (Å²) in [5, 5.41) is 1.12. The molecule has 7 rings (SSSR count). The number of aromatic nitrogens is 1. The van der Waals surface area contributed by atoms with Gasteiger partial charge in [-0.3, -0.25) is 19.3 Å². The van der Waals surface area contributed by atoms with E-state index in [0.717, 1.165) is 12.0 Å². The Bertz CT molecular complexity index is 1800. The summed E-state index contributed by atoms with van der Waals surface area (Å²) in [5.41, 5.74) is 3.95. The molecule has 7 nitrogen and oxygen atoms in total. The van der Waals surface area contributed by atoms with Gasteiger partial charge in [0.1, 0.15) is 0 Å². The van der Waals surface area contributed by atoms with Crippen molar-refractivity contribution in [2.75, 3.05) is 11.5 Å². The molecule has 8 heteroatoms. The molecule has 0 N–H and O–H groups in total. The van der Waals surface area contributed by atoms with Gasteiger partial charge >= 0.3 is 5.97 Å². The number of carbonyl (C=O) groups is 4. The Kier molecular flexibility index (Phi) is 6.28. The average molecular weight is 577 g/mol. The number of imide groups is 1. The molecule has 1 aliphatic heterocycles. The number of rotatable bonds is 6. The normalized spacial score (nSPS) is 22.2. The number of para-hydroxylation sites is 1. The second-order valence-electron chi connectivity index (χ2n) is 11.1. The minimum atomic E-state index is -0.642. The summed E-state index contributed by atoms with van der Waals surface area (Å²) >= 11 is 5.91. The summed E-state index contributed by atoms with van der Waals surface area (Å²) in [6.07, 6.45) is 5.03. The van der Waals surface area contributed by atoms with Crippen LogP contribution in [-0.4, -0.2) is 35.2 Å². The van der Waals surface area contributed by atoms with Crippen molar-refractivity contribution in [3.05, 3.63) is 107 Å². The summed E-state index contributed by atoms with van der Waals surface area (Å²) in [4.78, 5) is 58.5. The number of nitrogens with zero attached hydrogens (tertiary/aromatic N) is 2. The van der Waals surface area contributed by atoms with Gasteiger partial charge in [0, 0.05) is 21.5 Å². The van der Waals surface area contributed by atoms with Crippen LogP contribution in [0.15, 0.2) is 84.9 Å². The van der Waals surface area contributed by atoms with Crippen LogP contribution in [0.3, 0.4) is 0 Å². The highest BCUT2D eigenvalue weighted by Gasteiger charge is 2.59. The second-order valence-corrected chi connectivity index (χ2v) is 11.5. The Balaban J connectivity index is 1.17. The number of pyridine rings is 1. The molecule has 2 amide bonds. The molecule has 3 aromatic carbocycles. The van der Waals surface area contributed by atoms with Crippen LogP contribution in [0.25, 0.3) is 22.2 Å². The van der Waals surface area contributed by atoms with Gasteiger partial charge in [0.05, 0.1) is 34.3 Å². The highest BCUT2D eigenvalue weighted by atomic mass is 35.5. The predicted octanol–water partition coefficient (Wildman–Crippen LogP) is 6.21.